The van der Waals surface area contributed by atoms with Gasteiger partial charge in [-0.15, -0.1) is 12.4 Å². The van der Waals surface area contributed by atoms with Gasteiger partial charge < -0.3 is 5.32 Å². The number of rotatable bonds is 7. The lowest BCUT2D eigenvalue weighted by atomic mass is 10.0. The van der Waals surface area contributed by atoms with E-state index >= 15 is 0 Å². The number of hydrogen-bond donors (Lipinski definition) is 1. The maximum absolute atomic E-state index is 3.50. The molecule has 0 spiro atoms. The van der Waals surface area contributed by atoms with Crippen molar-refractivity contribution in [3.8, 4) is 0 Å². The zero-order valence-corrected chi connectivity index (χ0v) is 13.0. The molecule has 0 saturated heterocycles. The summed E-state index contributed by atoms with van der Waals surface area (Å²) in [5, 5.41) is 3.50. The molecule has 0 aliphatic carbocycles. The van der Waals surface area contributed by atoms with Crippen LogP contribution in [0.4, 0.5) is 0 Å². The number of halogens is 1. The molecule has 0 bridgehead atoms. The molecule has 0 aromatic heterocycles. The number of hydrogen-bond acceptors (Lipinski definition) is 1. The molecule has 0 unspecified atom stereocenters. The molecule has 108 valence electrons. The molecule has 0 amide bonds. The van der Waals surface area contributed by atoms with Crippen molar-refractivity contribution in [1.29, 1.82) is 0 Å². The predicted octanol–water partition coefficient (Wildman–Crippen LogP) is 4.39. The van der Waals surface area contributed by atoms with Gasteiger partial charge in [-0.3, -0.25) is 0 Å². The Morgan fingerprint density at radius 1 is 0.800 bits per heavy atom. The van der Waals surface area contributed by atoms with Crippen molar-refractivity contribution in [2.45, 2.75) is 32.7 Å². The maximum Gasteiger partial charge on any atom is 0.0205 e. The van der Waals surface area contributed by atoms with E-state index in [-0.39, 0.29) is 12.4 Å². The molecule has 1 nitrogen and oxygen atoms in total. The second kappa shape index (κ2) is 9.57. The summed E-state index contributed by atoms with van der Waals surface area (Å²) >= 11 is 0. The Morgan fingerprint density at radius 3 is 2.15 bits per heavy atom. The quantitative estimate of drug-likeness (QED) is 0.745. The summed E-state index contributed by atoms with van der Waals surface area (Å²) in [5.74, 6) is 0. The molecule has 20 heavy (non-hydrogen) atoms. The third-order valence-corrected chi connectivity index (χ3v) is 3.29. The first-order valence-corrected chi connectivity index (χ1v) is 7.21. The summed E-state index contributed by atoms with van der Waals surface area (Å²) in [6, 6.07) is 19.5. The van der Waals surface area contributed by atoms with Crippen LogP contribution in [0.1, 0.15) is 30.0 Å². The molecule has 2 aromatic carbocycles. The number of benzene rings is 2. The van der Waals surface area contributed by atoms with Crippen LogP contribution in [0.5, 0.6) is 0 Å². The summed E-state index contributed by atoms with van der Waals surface area (Å²) < 4.78 is 0. The third kappa shape index (κ3) is 5.77. The van der Waals surface area contributed by atoms with Gasteiger partial charge in [0.05, 0.1) is 0 Å². The first-order valence-electron chi connectivity index (χ1n) is 7.21. The van der Waals surface area contributed by atoms with Crippen LogP contribution in [-0.2, 0) is 19.4 Å². The Balaban J connectivity index is 0.00000200. The average Bonchev–Trinajstić information content (AvgIpc) is 2.46. The van der Waals surface area contributed by atoms with Crippen molar-refractivity contribution >= 4 is 12.4 Å². The molecule has 2 rings (SSSR count). The lowest BCUT2D eigenvalue weighted by molar-refractivity contribution is 0.686. The highest BCUT2D eigenvalue weighted by Gasteiger charge is 1.96. The largest absolute Gasteiger partial charge is 0.312 e. The molecular formula is C18H24ClN. The van der Waals surface area contributed by atoms with Crippen LogP contribution in [0, 0.1) is 0 Å². The molecule has 0 fully saturated rings. The second-order valence-electron chi connectivity index (χ2n) is 4.98. The van der Waals surface area contributed by atoms with Crippen LogP contribution in [0.25, 0.3) is 0 Å². The van der Waals surface area contributed by atoms with Crippen LogP contribution in [0.2, 0.25) is 0 Å². The van der Waals surface area contributed by atoms with Gasteiger partial charge in [0, 0.05) is 6.54 Å². The van der Waals surface area contributed by atoms with E-state index in [1.807, 2.05) is 0 Å². The van der Waals surface area contributed by atoms with Crippen molar-refractivity contribution in [3.05, 3.63) is 71.3 Å². The molecule has 0 atom stereocenters. The van der Waals surface area contributed by atoms with Crippen LogP contribution < -0.4 is 5.32 Å². The minimum atomic E-state index is 0. The minimum absolute atomic E-state index is 0. The highest BCUT2D eigenvalue weighted by Crippen LogP contribution is 2.08. The molecule has 2 heteroatoms. The zero-order chi connectivity index (χ0) is 13.3. The molecule has 0 saturated carbocycles. The first kappa shape index (κ1) is 16.7. The van der Waals surface area contributed by atoms with Crippen molar-refractivity contribution in [2.24, 2.45) is 0 Å². The monoisotopic (exact) mass is 289 g/mol. The van der Waals surface area contributed by atoms with Crippen LogP contribution in [-0.4, -0.2) is 6.54 Å². The Morgan fingerprint density at radius 2 is 1.45 bits per heavy atom. The fourth-order valence-electron chi connectivity index (χ4n) is 2.29. The summed E-state index contributed by atoms with van der Waals surface area (Å²) in [7, 11) is 0. The standard InChI is InChI=1S/C18H23N.ClH/c1-2-7-16-10-6-11-17(14-16)12-13-19-15-18-8-4-3-5-9-18;/h3-6,8-11,14,19H,2,7,12-13,15H2,1H3;1H. The van der Waals surface area contributed by atoms with E-state index < -0.39 is 0 Å². The Hall–Kier alpha value is -1.31. The predicted molar refractivity (Wildman–Crippen MR) is 89.5 cm³/mol. The summed E-state index contributed by atoms with van der Waals surface area (Å²) in [4.78, 5) is 0. The van der Waals surface area contributed by atoms with Gasteiger partial charge in [-0.25, -0.2) is 0 Å². The Bertz CT molecular complexity index is 482. The highest BCUT2D eigenvalue weighted by atomic mass is 35.5. The normalized spacial score (nSPS) is 10.1. The van der Waals surface area contributed by atoms with E-state index in [0.29, 0.717) is 0 Å². The SMILES string of the molecule is CCCc1cccc(CCNCc2ccccc2)c1.Cl. The van der Waals surface area contributed by atoms with E-state index in [0.717, 1.165) is 19.5 Å². The lowest BCUT2D eigenvalue weighted by Gasteiger charge is -2.06. The molecule has 2 aromatic rings. The number of nitrogens with one attached hydrogen (secondary N) is 1. The summed E-state index contributed by atoms with van der Waals surface area (Å²) in [5.41, 5.74) is 4.25. The zero-order valence-electron chi connectivity index (χ0n) is 12.1. The van der Waals surface area contributed by atoms with Gasteiger partial charge >= 0.3 is 0 Å². The van der Waals surface area contributed by atoms with Gasteiger partial charge in [-0.05, 0) is 36.1 Å². The van der Waals surface area contributed by atoms with E-state index in [1.54, 1.807) is 0 Å². The van der Waals surface area contributed by atoms with Crippen molar-refractivity contribution in [2.75, 3.05) is 6.54 Å². The number of aryl methyl sites for hydroxylation is 1. The third-order valence-electron chi connectivity index (χ3n) is 3.29. The molecule has 0 aliphatic heterocycles. The Kier molecular flexibility index (Phi) is 8.01. The van der Waals surface area contributed by atoms with Crippen molar-refractivity contribution in [3.63, 3.8) is 0 Å². The topological polar surface area (TPSA) is 12.0 Å². The van der Waals surface area contributed by atoms with E-state index in [4.69, 9.17) is 0 Å². The first-order chi connectivity index (χ1) is 9.38. The fourth-order valence-corrected chi connectivity index (χ4v) is 2.29. The fraction of sp³-hybridized carbons (Fsp3) is 0.333. The van der Waals surface area contributed by atoms with Gasteiger partial charge in [0.1, 0.15) is 0 Å². The van der Waals surface area contributed by atoms with Gasteiger partial charge in [0.2, 0.25) is 0 Å². The van der Waals surface area contributed by atoms with Crippen LogP contribution in [0.15, 0.2) is 54.6 Å². The molecule has 0 radical (unpaired) electrons. The molecular weight excluding hydrogens is 266 g/mol. The highest BCUT2D eigenvalue weighted by molar-refractivity contribution is 5.85. The van der Waals surface area contributed by atoms with Gasteiger partial charge in [0.25, 0.3) is 0 Å². The average molecular weight is 290 g/mol. The maximum atomic E-state index is 3.50. The molecule has 1 N–H and O–H groups in total. The lowest BCUT2D eigenvalue weighted by Crippen LogP contribution is -2.16. The summed E-state index contributed by atoms with van der Waals surface area (Å²) in [6.45, 7) is 4.22. The van der Waals surface area contributed by atoms with Gasteiger partial charge in [0.15, 0.2) is 0 Å². The molecule has 0 aliphatic rings. The van der Waals surface area contributed by atoms with Crippen molar-refractivity contribution in [1.82, 2.24) is 5.32 Å². The van der Waals surface area contributed by atoms with E-state index in [2.05, 4.69) is 66.8 Å². The van der Waals surface area contributed by atoms with E-state index in [1.165, 1.54) is 29.5 Å². The minimum Gasteiger partial charge on any atom is -0.312 e. The smallest absolute Gasteiger partial charge is 0.0205 e. The second-order valence-corrected chi connectivity index (χ2v) is 4.98. The Labute approximate surface area is 128 Å². The van der Waals surface area contributed by atoms with Gasteiger partial charge in [-0.2, -0.15) is 0 Å². The van der Waals surface area contributed by atoms with Crippen molar-refractivity contribution < 1.29 is 0 Å². The van der Waals surface area contributed by atoms with Crippen LogP contribution >= 0.6 is 12.4 Å². The van der Waals surface area contributed by atoms with Gasteiger partial charge in [-0.1, -0.05) is 67.9 Å². The molecule has 0 heterocycles. The van der Waals surface area contributed by atoms with E-state index in [9.17, 15) is 0 Å². The van der Waals surface area contributed by atoms with Crippen LogP contribution in [0.3, 0.4) is 0 Å². The summed E-state index contributed by atoms with van der Waals surface area (Å²) in [6.07, 6.45) is 3.51.